The Morgan fingerprint density at radius 2 is 2.00 bits per heavy atom. The maximum atomic E-state index is 11.3. The van der Waals surface area contributed by atoms with Crippen LogP contribution in [-0.4, -0.2) is 23.3 Å². The molecule has 1 aromatic carbocycles. The van der Waals surface area contributed by atoms with Crippen molar-refractivity contribution < 1.29 is 14.3 Å². The average Bonchev–Trinajstić information content (AvgIpc) is 2.46. The maximum Gasteiger partial charge on any atom is 0.358 e. The molecule has 0 saturated heterocycles. The minimum atomic E-state index is -0.539. The van der Waals surface area contributed by atoms with Crippen molar-refractivity contribution in [3.8, 4) is 5.88 Å². The van der Waals surface area contributed by atoms with Crippen molar-refractivity contribution in [1.82, 2.24) is 10.2 Å². The van der Waals surface area contributed by atoms with Crippen LogP contribution in [0.1, 0.15) is 16.1 Å². The molecule has 1 heterocycles. The molecule has 0 N–H and O–H groups in total. The fourth-order valence-electron chi connectivity index (χ4n) is 1.39. The molecule has 0 atom stereocenters. The van der Waals surface area contributed by atoms with E-state index in [9.17, 15) is 4.79 Å². The Hall–Kier alpha value is -1.95. The summed E-state index contributed by atoms with van der Waals surface area (Å²) in [5, 5.41) is 7.59. The molecule has 2 rings (SSSR count). The van der Waals surface area contributed by atoms with Gasteiger partial charge in [0.05, 0.1) is 11.6 Å². The van der Waals surface area contributed by atoms with Gasteiger partial charge in [-0.05, 0) is 27.6 Å². The number of carbonyl (C=O) groups excluding carboxylic acids is 1. The topological polar surface area (TPSA) is 61.3 Å². The molecule has 1 aromatic heterocycles. The standard InChI is InChI=1S/C13H11BrN2O3/c1-18-13(17)11-7-10(14)12(16-15-11)19-8-9-5-3-2-4-6-9/h2-7H,8H2,1H3. The zero-order valence-electron chi connectivity index (χ0n) is 10.2. The Bertz CT molecular complexity index is 575. The van der Waals surface area contributed by atoms with Crippen molar-refractivity contribution in [2.24, 2.45) is 0 Å². The number of methoxy groups -OCH3 is 1. The molecule has 0 aliphatic carbocycles. The summed E-state index contributed by atoms with van der Waals surface area (Å²) >= 11 is 3.28. The number of nitrogens with zero attached hydrogens (tertiary/aromatic N) is 2. The number of hydrogen-bond acceptors (Lipinski definition) is 5. The number of ether oxygens (including phenoxy) is 2. The van der Waals surface area contributed by atoms with Crippen molar-refractivity contribution in [3.05, 3.63) is 52.1 Å². The summed E-state index contributed by atoms with van der Waals surface area (Å²) in [6.07, 6.45) is 0. The lowest BCUT2D eigenvalue weighted by atomic mass is 10.2. The van der Waals surface area contributed by atoms with Crippen molar-refractivity contribution in [1.29, 1.82) is 0 Å². The van der Waals surface area contributed by atoms with Gasteiger partial charge in [0.25, 0.3) is 0 Å². The first-order valence-corrected chi connectivity index (χ1v) is 6.28. The number of benzene rings is 1. The molecule has 0 spiro atoms. The Morgan fingerprint density at radius 1 is 1.26 bits per heavy atom. The Balaban J connectivity index is 2.07. The van der Waals surface area contributed by atoms with Crippen LogP contribution in [-0.2, 0) is 11.3 Å². The first-order chi connectivity index (χ1) is 9.20. The van der Waals surface area contributed by atoms with E-state index in [1.165, 1.54) is 13.2 Å². The first-order valence-electron chi connectivity index (χ1n) is 5.49. The Kier molecular flexibility index (Phi) is 4.46. The third-order valence-corrected chi connectivity index (χ3v) is 2.90. The Morgan fingerprint density at radius 3 is 2.63 bits per heavy atom. The zero-order valence-corrected chi connectivity index (χ0v) is 11.8. The summed E-state index contributed by atoms with van der Waals surface area (Å²) in [6.45, 7) is 0.381. The summed E-state index contributed by atoms with van der Waals surface area (Å²) < 4.78 is 10.6. The van der Waals surface area contributed by atoms with Crippen LogP contribution in [0.25, 0.3) is 0 Å². The van der Waals surface area contributed by atoms with Crippen molar-refractivity contribution >= 4 is 21.9 Å². The SMILES string of the molecule is COC(=O)c1cc(Br)c(OCc2ccccc2)nn1. The van der Waals surface area contributed by atoms with E-state index in [0.29, 0.717) is 17.0 Å². The minimum Gasteiger partial charge on any atom is -0.471 e. The van der Waals surface area contributed by atoms with Crippen molar-refractivity contribution in [2.45, 2.75) is 6.61 Å². The summed E-state index contributed by atoms with van der Waals surface area (Å²) in [6, 6.07) is 11.2. The number of esters is 1. The molecule has 2 aromatic rings. The molecule has 0 amide bonds. The van der Waals surface area contributed by atoms with Gasteiger partial charge in [0.2, 0.25) is 5.88 Å². The zero-order chi connectivity index (χ0) is 13.7. The number of hydrogen-bond donors (Lipinski definition) is 0. The van der Waals surface area contributed by atoms with Crippen molar-refractivity contribution in [3.63, 3.8) is 0 Å². The molecule has 0 radical (unpaired) electrons. The van der Waals surface area contributed by atoms with Gasteiger partial charge in [0, 0.05) is 0 Å². The molecule has 6 heteroatoms. The number of rotatable bonds is 4. The highest BCUT2D eigenvalue weighted by Crippen LogP contribution is 2.22. The van der Waals surface area contributed by atoms with E-state index in [1.54, 1.807) is 0 Å². The van der Waals surface area contributed by atoms with Gasteiger partial charge in [-0.25, -0.2) is 4.79 Å². The van der Waals surface area contributed by atoms with E-state index in [1.807, 2.05) is 30.3 Å². The predicted molar refractivity (Wildman–Crippen MR) is 71.8 cm³/mol. The molecule has 98 valence electrons. The molecule has 0 saturated carbocycles. The predicted octanol–water partition coefficient (Wildman–Crippen LogP) is 2.60. The number of carbonyl (C=O) groups is 1. The molecular formula is C13H11BrN2O3. The van der Waals surface area contributed by atoms with E-state index in [-0.39, 0.29) is 5.69 Å². The molecule has 0 aliphatic rings. The van der Waals surface area contributed by atoms with Crippen LogP contribution in [0.5, 0.6) is 5.88 Å². The van der Waals surface area contributed by atoms with E-state index in [4.69, 9.17) is 4.74 Å². The molecule has 0 bridgehead atoms. The largest absolute Gasteiger partial charge is 0.471 e. The van der Waals surface area contributed by atoms with Crippen molar-refractivity contribution in [2.75, 3.05) is 7.11 Å². The lowest BCUT2D eigenvalue weighted by Gasteiger charge is -2.07. The lowest BCUT2D eigenvalue weighted by Crippen LogP contribution is -2.07. The summed E-state index contributed by atoms with van der Waals surface area (Å²) in [5.41, 5.74) is 1.15. The first kappa shape index (κ1) is 13.5. The summed E-state index contributed by atoms with van der Waals surface area (Å²) in [4.78, 5) is 11.3. The summed E-state index contributed by atoms with van der Waals surface area (Å²) in [7, 11) is 1.29. The monoisotopic (exact) mass is 322 g/mol. The van der Waals surface area contributed by atoms with Crippen LogP contribution in [0.3, 0.4) is 0 Å². The van der Waals surface area contributed by atoms with Crippen LogP contribution in [0.4, 0.5) is 0 Å². The number of halogens is 1. The van der Waals surface area contributed by atoms with E-state index >= 15 is 0 Å². The molecule has 0 aliphatic heterocycles. The highest BCUT2D eigenvalue weighted by Gasteiger charge is 2.12. The minimum absolute atomic E-state index is 0.126. The number of aromatic nitrogens is 2. The molecular weight excluding hydrogens is 312 g/mol. The maximum absolute atomic E-state index is 11.3. The Labute approximate surface area is 118 Å². The second-order valence-electron chi connectivity index (χ2n) is 3.65. The average molecular weight is 323 g/mol. The van der Waals surface area contributed by atoms with Gasteiger partial charge in [-0.3, -0.25) is 0 Å². The second kappa shape index (κ2) is 6.29. The lowest BCUT2D eigenvalue weighted by molar-refractivity contribution is 0.0592. The third-order valence-electron chi connectivity index (χ3n) is 2.33. The van der Waals surface area contributed by atoms with Crippen LogP contribution in [0.15, 0.2) is 40.9 Å². The van der Waals surface area contributed by atoms with Crippen LogP contribution < -0.4 is 4.74 Å². The second-order valence-corrected chi connectivity index (χ2v) is 4.50. The fourth-order valence-corrected chi connectivity index (χ4v) is 1.80. The van der Waals surface area contributed by atoms with Gasteiger partial charge < -0.3 is 9.47 Å². The van der Waals surface area contributed by atoms with Gasteiger partial charge in [0.15, 0.2) is 5.69 Å². The van der Waals surface area contributed by atoms with Gasteiger partial charge >= 0.3 is 5.97 Å². The van der Waals surface area contributed by atoms with Gasteiger partial charge in [-0.2, -0.15) is 0 Å². The normalized spacial score (nSPS) is 10.0. The third kappa shape index (κ3) is 3.51. The summed E-state index contributed by atoms with van der Waals surface area (Å²) in [5.74, 6) is -0.209. The molecule has 5 nitrogen and oxygen atoms in total. The van der Waals surface area contributed by atoms with Gasteiger partial charge in [-0.15, -0.1) is 10.2 Å². The molecule has 0 unspecified atom stereocenters. The van der Waals surface area contributed by atoms with Gasteiger partial charge in [-0.1, -0.05) is 30.3 Å². The van der Waals surface area contributed by atoms with E-state index in [2.05, 4.69) is 30.9 Å². The van der Waals surface area contributed by atoms with E-state index in [0.717, 1.165) is 5.56 Å². The molecule has 0 fully saturated rings. The van der Waals surface area contributed by atoms with Crippen LogP contribution in [0, 0.1) is 0 Å². The molecule has 19 heavy (non-hydrogen) atoms. The quantitative estimate of drug-likeness (QED) is 0.810. The van der Waals surface area contributed by atoms with Crippen LogP contribution >= 0.6 is 15.9 Å². The highest BCUT2D eigenvalue weighted by atomic mass is 79.9. The smallest absolute Gasteiger partial charge is 0.358 e. The van der Waals surface area contributed by atoms with Crippen LogP contribution in [0.2, 0.25) is 0 Å². The highest BCUT2D eigenvalue weighted by molar-refractivity contribution is 9.10. The fraction of sp³-hybridized carbons (Fsp3) is 0.154. The van der Waals surface area contributed by atoms with Gasteiger partial charge in [0.1, 0.15) is 6.61 Å². The van der Waals surface area contributed by atoms with E-state index < -0.39 is 5.97 Å².